The van der Waals surface area contributed by atoms with Gasteiger partial charge in [0.2, 0.25) is 0 Å². The van der Waals surface area contributed by atoms with Gasteiger partial charge < -0.3 is 5.11 Å². The molecule has 0 spiro atoms. The number of nitrogens with zero attached hydrogens (tertiary/aromatic N) is 2. The molecule has 20 heavy (non-hydrogen) atoms. The van der Waals surface area contributed by atoms with Crippen LogP contribution in [0.5, 0.6) is 0 Å². The van der Waals surface area contributed by atoms with E-state index in [2.05, 4.69) is 11.1 Å². The molecule has 1 aromatic carbocycles. The van der Waals surface area contributed by atoms with Crippen molar-refractivity contribution in [3.8, 4) is 17.3 Å². The van der Waals surface area contributed by atoms with Gasteiger partial charge in [0.15, 0.2) is 0 Å². The Morgan fingerprint density at radius 1 is 1.35 bits per heavy atom. The lowest BCUT2D eigenvalue weighted by molar-refractivity contribution is -0.136. The van der Waals surface area contributed by atoms with Crippen molar-refractivity contribution >= 4 is 5.97 Å². The van der Waals surface area contributed by atoms with E-state index in [1.54, 1.807) is 13.0 Å². The minimum absolute atomic E-state index is 0.0118. The van der Waals surface area contributed by atoms with Crippen molar-refractivity contribution in [3.05, 3.63) is 52.7 Å². The van der Waals surface area contributed by atoms with Gasteiger partial charge in [0.1, 0.15) is 6.07 Å². The van der Waals surface area contributed by atoms with E-state index in [4.69, 9.17) is 10.4 Å². The third kappa shape index (κ3) is 2.83. The smallest absolute Gasteiger partial charge is 0.307 e. The number of rotatable bonds is 3. The highest BCUT2D eigenvalue weighted by Gasteiger charge is 2.09. The molecule has 0 aliphatic carbocycles. The number of benzene rings is 1. The molecule has 4 heteroatoms. The molecule has 0 bridgehead atoms. The van der Waals surface area contributed by atoms with Gasteiger partial charge in [-0.3, -0.25) is 9.78 Å². The zero-order valence-electron chi connectivity index (χ0n) is 11.3. The van der Waals surface area contributed by atoms with Gasteiger partial charge in [-0.15, -0.1) is 0 Å². The van der Waals surface area contributed by atoms with E-state index in [-0.39, 0.29) is 6.42 Å². The van der Waals surface area contributed by atoms with Crippen molar-refractivity contribution in [1.29, 1.82) is 5.26 Å². The third-order valence-corrected chi connectivity index (χ3v) is 3.09. The fourth-order valence-electron chi connectivity index (χ4n) is 2.16. The highest BCUT2D eigenvalue weighted by Crippen LogP contribution is 2.22. The van der Waals surface area contributed by atoms with Crippen molar-refractivity contribution in [2.24, 2.45) is 0 Å². The summed E-state index contributed by atoms with van der Waals surface area (Å²) >= 11 is 0. The average molecular weight is 266 g/mol. The van der Waals surface area contributed by atoms with Crippen molar-refractivity contribution in [1.82, 2.24) is 4.98 Å². The number of aryl methyl sites for hydroxylation is 2. The number of pyridine rings is 1. The molecule has 0 unspecified atom stereocenters. The maximum atomic E-state index is 10.8. The summed E-state index contributed by atoms with van der Waals surface area (Å²) in [4.78, 5) is 15.2. The Labute approximate surface area is 117 Å². The molecule has 1 heterocycles. The van der Waals surface area contributed by atoms with Crippen LogP contribution in [-0.4, -0.2) is 16.1 Å². The van der Waals surface area contributed by atoms with Gasteiger partial charge in [-0.05, 0) is 37.1 Å². The van der Waals surface area contributed by atoms with Gasteiger partial charge in [-0.25, -0.2) is 0 Å². The summed E-state index contributed by atoms with van der Waals surface area (Å²) in [6.07, 6.45) is -0.0118. The molecule has 0 aliphatic rings. The summed E-state index contributed by atoms with van der Waals surface area (Å²) in [5.41, 5.74) is 4.50. The maximum Gasteiger partial charge on any atom is 0.307 e. The fraction of sp³-hybridized carbons (Fsp3) is 0.188. The van der Waals surface area contributed by atoms with Gasteiger partial charge in [0.05, 0.1) is 23.4 Å². The largest absolute Gasteiger partial charge is 0.481 e. The molecule has 4 nitrogen and oxygen atoms in total. The highest BCUT2D eigenvalue weighted by molar-refractivity contribution is 5.71. The first-order chi connectivity index (χ1) is 9.51. The number of hydrogen-bond acceptors (Lipinski definition) is 3. The number of carboxylic acids is 1. The summed E-state index contributed by atoms with van der Waals surface area (Å²) in [6.45, 7) is 3.67. The van der Waals surface area contributed by atoms with Crippen LogP contribution in [0, 0.1) is 25.2 Å². The van der Waals surface area contributed by atoms with Gasteiger partial charge in [0, 0.05) is 5.56 Å². The van der Waals surface area contributed by atoms with Gasteiger partial charge >= 0.3 is 5.97 Å². The molecule has 0 radical (unpaired) electrons. The summed E-state index contributed by atoms with van der Waals surface area (Å²) < 4.78 is 0. The van der Waals surface area contributed by atoms with Crippen LogP contribution in [0.4, 0.5) is 0 Å². The summed E-state index contributed by atoms with van der Waals surface area (Å²) in [6, 6.07) is 11.3. The molecular weight excluding hydrogens is 252 g/mol. The van der Waals surface area contributed by atoms with Crippen LogP contribution in [0.2, 0.25) is 0 Å². The number of aliphatic carboxylic acids is 1. The van der Waals surface area contributed by atoms with E-state index >= 15 is 0 Å². The van der Waals surface area contributed by atoms with Crippen molar-refractivity contribution in [2.45, 2.75) is 20.3 Å². The van der Waals surface area contributed by atoms with Gasteiger partial charge in [-0.1, -0.05) is 18.2 Å². The lowest BCUT2D eigenvalue weighted by Gasteiger charge is -2.08. The Morgan fingerprint density at radius 3 is 2.70 bits per heavy atom. The number of hydrogen-bond donors (Lipinski definition) is 1. The van der Waals surface area contributed by atoms with E-state index in [0.29, 0.717) is 11.3 Å². The van der Waals surface area contributed by atoms with E-state index in [9.17, 15) is 4.79 Å². The fourth-order valence-corrected chi connectivity index (χ4v) is 2.16. The van der Waals surface area contributed by atoms with Crippen LogP contribution >= 0.6 is 0 Å². The molecule has 0 amide bonds. The SMILES string of the molecule is Cc1cc(-c2cccc(CC(=O)O)c2)nc(C)c1C#N. The average Bonchev–Trinajstić information content (AvgIpc) is 2.38. The molecule has 1 aromatic heterocycles. The topological polar surface area (TPSA) is 74.0 Å². The molecule has 0 saturated carbocycles. The molecule has 100 valence electrons. The lowest BCUT2D eigenvalue weighted by Crippen LogP contribution is -2.00. The van der Waals surface area contributed by atoms with Gasteiger partial charge in [-0.2, -0.15) is 5.26 Å². The third-order valence-electron chi connectivity index (χ3n) is 3.09. The Bertz CT molecular complexity index is 692. The van der Waals surface area contributed by atoms with Crippen LogP contribution < -0.4 is 0 Å². The van der Waals surface area contributed by atoms with Crippen LogP contribution in [-0.2, 0) is 11.2 Å². The number of aromatic nitrogens is 1. The number of nitriles is 1. The van der Waals surface area contributed by atoms with Crippen LogP contribution in [0.3, 0.4) is 0 Å². The van der Waals surface area contributed by atoms with Crippen LogP contribution in [0.1, 0.15) is 22.4 Å². The monoisotopic (exact) mass is 266 g/mol. The van der Waals surface area contributed by atoms with Crippen molar-refractivity contribution < 1.29 is 9.90 Å². The minimum Gasteiger partial charge on any atom is -0.481 e. The second kappa shape index (κ2) is 5.54. The second-order valence-corrected chi connectivity index (χ2v) is 4.67. The van der Waals surface area contributed by atoms with E-state index in [1.165, 1.54) is 0 Å². The number of carbonyl (C=O) groups is 1. The van der Waals surface area contributed by atoms with Gasteiger partial charge in [0.25, 0.3) is 0 Å². The lowest BCUT2D eigenvalue weighted by atomic mass is 10.0. The Kier molecular flexibility index (Phi) is 3.81. The Morgan fingerprint density at radius 2 is 2.10 bits per heavy atom. The van der Waals surface area contributed by atoms with Crippen LogP contribution in [0.25, 0.3) is 11.3 Å². The first-order valence-electron chi connectivity index (χ1n) is 6.20. The summed E-state index contributed by atoms with van der Waals surface area (Å²) in [5, 5.41) is 17.9. The Balaban J connectivity index is 2.47. The number of carboxylic acid groups (broad SMARTS) is 1. The normalized spacial score (nSPS) is 10.1. The molecule has 2 rings (SSSR count). The maximum absolute atomic E-state index is 10.8. The highest BCUT2D eigenvalue weighted by atomic mass is 16.4. The predicted molar refractivity (Wildman–Crippen MR) is 75.2 cm³/mol. The van der Waals surface area contributed by atoms with E-state index in [1.807, 2.05) is 31.2 Å². The molecule has 1 N–H and O–H groups in total. The molecular formula is C16H14N2O2. The molecule has 2 aromatic rings. The minimum atomic E-state index is -0.859. The molecule has 0 aliphatic heterocycles. The van der Waals surface area contributed by atoms with E-state index in [0.717, 1.165) is 22.4 Å². The molecule has 0 fully saturated rings. The van der Waals surface area contributed by atoms with Crippen LogP contribution in [0.15, 0.2) is 30.3 Å². The van der Waals surface area contributed by atoms with Crippen molar-refractivity contribution in [2.75, 3.05) is 0 Å². The zero-order chi connectivity index (χ0) is 14.7. The standard InChI is InChI=1S/C16H14N2O2/c1-10-6-15(18-11(2)14(10)9-17)13-5-3-4-12(7-13)8-16(19)20/h3-7H,8H2,1-2H3,(H,19,20). The zero-order valence-corrected chi connectivity index (χ0v) is 11.3. The predicted octanol–water partition coefficient (Wildman–Crippen LogP) is 2.86. The van der Waals surface area contributed by atoms with Crippen molar-refractivity contribution in [3.63, 3.8) is 0 Å². The molecule has 0 atom stereocenters. The summed E-state index contributed by atoms with van der Waals surface area (Å²) in [5.74, 6) is -0.859. The summed E-state index contributed by atoms with van der Waals surface area (Å²) in [7, 11) is 0. The first-order valence-corrected chi connectivity index (χ1v) is 6.20. The Hall–Kier alpha value is -2.67. The first kappa shape index (κ1) is 13.8. The van der Waals surface area contributed by atoms with E-state index < -0.39 is 5.97 Å². The quantitative estimate of drug-likeness (QED) is 0.927. The molecule has 0 saturated heterocycles. The second-order valence-electron chi connectivity index (χ2n) is 4.67.